The number of fused-ring (bicyclic) bond motifs is 3. The first-order chi connectivity index (χ1) is 24.8. The van der Waals surface area contributed by atoms with Gasteiger partial charge in [-0.15, -0.1) is 0 Å². The van der Waals surface area contributed by atoms with Crippen molar-refractivity contribution in [2.24, 2.45) is 0 Å². The van der Waals surface area contributed by atoms with Gasteiger partial charge in [-0.05, 0) is 68.8 Å². The van der Waals surface area contributed by atoms with Gasteiger partial charge in [-0.3, -0.25) is 0 Å². The molecule has 0 fully saturated rings. The second kappa shape index (κ2) is 12.5. The Morgan fingerprint density at radius 2 is 0.760 bits per heavy atom. The highest BCUT2D eigenvalue weighted by atomic mass is 15.1. The van der Waals surface area contributed by atoms with Gasteiger partial charge < -0.3 is 4.90 Å². The van der Waals surface area contributed by atoms with Crippen molar-refractivity contribution >= 4 is 17.1 Å². The molecule has 236 valence electrons. The Labute approximate surface area is 294 Å². The lowest BCUT2D eigenvalue weighted by molar-refractivity contribution is 0.768. The van der Waals surface area contributed by atoms with E-state index in [0.29, 0.717) is 0 Å². The van der Waals surface area contributed by atoms with Crippen LogP contribution < -0.4 is 4.90 Å². The van der Waals surface area contributed by atoms with Gasteiger partial charge in [0.2, 0.25) is 0 Å². The SMILES string of the molecule is c1ccc(-c2ccc(N(c3ccccc3-c3ccccc3)c3cccc4c3-c3ccccc3C4(c3ccccc3)c3ccccc3)cc2)cc1. The van der Waals surface area contributed by atoms with Crippen molar-refractivity contribution in [1.29, 1.82) is 0 Å². The van der Waals surface area contributed by atoms with Crippen molar-refractivity contribution < 1.29 is 0 Å². The van der Waals surface area contributed by atoms with Crippen LogP contribution in [-0.4, -0.2) is 0 Å². The molecule has 0 aliphatic heterocycles. The molecule has 0 saturated carbocycles. The van der Waals surface area contributed by atoms with Gasteiger partial charge in [0.25, 0.3) is 0 Å². The summed E-state index contributed by atoms with van der Waals surface area (Å²) >= 11 is 0. The van der Waals surface area contributed by atoms with E-state index in [1.54, 1.807) is 0 Å². The second-order valence-corrected chi connectivity index (χ2v) is 12.9. The second-order valence-electron chi connectivity index (χ2n) is 12.9. The molecule has 0 saturated heterocycles. The fourth-order valence-electron chi connectivity index (χ4n) is 8.03. The minimum Gasteiger partial charge on any atom is -0.309 e. The quantitative estimate of drug-likeness (QED) is 0.168. The Bertz CT molecular complexity index is 2360. The Hall–Kier alpha value is -6.44. The van der Waals surface area contributed by atoms with Crippen LogP contribution in [0.2, 0.25) is 0 Å². The molecule has 0 atom stereocenters. The van der Waals surface area contributed by atoms with E-state index in [0.717, 1.165) is 17.1 Å². The average molecular weight is 638 g/mol. The maximum absolute atomic E-state index is 2.47. The lowest BCUT2D eigenvalue weighted by Crippen LogP contribution is -2.28. The Balaban J connectivity index is 1.35. The molecule has 0 heterocycles. The minimum absolute atomic E-state index is 0.480. The van der Waals surface area contributed by atoms with Gasteiger partial charge in [0.15, 0.2) is 0 Å². The van der Waals surface area contributed by atoms with Crippen LogP contribution in [0.3, 0.4) is 0 Å². The van der Waals surface area contributed by atoms with E-state index in [-0.39, 0.29) is 0 Å². The molecule has 1 nitrogen and oxygen atoms in total. The average Bonchev–Trinajstić information content (AvgIpc) is 3.52. The van der Waals surface area contributed by atoms with Gasteiger partial charge in [0.05, 0.1) is 16.8 Å². The Morgan fingerprint density at radius 3 is 1.40 bits per heavy atom. The summed E-state index contributed by atoms with van der Waals surface area (Å²) < 4.78 is 0. The van der Waals surface area contributed by atoms with Crippen LogP contribution in [0.1, 0.15) is 22.3 Å². The first-order valence-corrected chi connectivity index (χ1v) is 17.3. The van der Waals surface area contributed by atoms with Crippen LogP contribution in [-0.2, 0) is 5.41 Å². The highest BCUT2D eigenvalue weighted by Crippen LogP contribution is 2.59. The van der Waals surface area contributed by atoms with Crippen molar-refractivity contribution in [2.75, 3.05) is 4.90 Å². The largest absolute Gasteiger partial charge is 0.309 e. The zero-order valence-electron chi connectivity index (χ0n) is 27.7. The summed E-state index contributed by atoms with van der Waals surface area (Å²) in [7, 11) is 0. The maximum Gasteiger partial charge on any atom is 0.0714 e. The van der Waals surface area contributed by atoms with Crippen LogP contribution in [0.5, 0.6) is 0 Å². The van der Waals surface area contributed by atoms with Crippen molar-refractivity contribution in [1.82, 2.24) is 0 Å². The predicted molar refractivity (Wildman–Crippen MR) is 209 cm³/mol. The van der Waals surface area contributed by atoms with Crippen molar-refractivity contribution in [3.8, 4) is 33.4 Å². The molecule has 8 aromatic rings. The number of para-hydroxylation sites is 1. The van der Waals surface area contributed by atoms with Gasteiger partial charge in [0, 0.05) is 16.8 Å². The monoisotopic (exact) mass is 637 g/mol. The zero-order valence-corrected chi connectivity index (χ0v) is 27.7. The normalized spacial score (nSPS) is 12.6. The lowest BCUT2D eigenvalue weighted by atomic mass is 9.68. The first kappa shape index (κ1) is 29.7. The van der Waals surface area contributed by atoms with Crippen molar-refractivity contribution in [3.63, 3.8) is 0 Å². The molecule has 0 radical (unpaired) electrons. The molecular weight excluding hydrogens is 603 g/mol. The molecular formula is C49H35N. The standard InChI is InChI=1S/C49H35N/c1-5-18-36(19-6-1)37-32-34-41(35-33-37)50(46-30-16-14-26-42(46)38-20-7-2-8-21-38)47-31-17-29-45-48(47)43-27-13-15-28-44(43)49(45,39-22-9-3-10-23-39)40-24-11-4-12-25-40/h1-35H. The summed E-state index contributed by atoms with van der Waals surface area (Å²) in [5.41, 5.74) is 15.3. The van der Waals surface area contributed by atoms with E-state index in [2.05, 4.69) is 217 Å². The lowest BCUT2D eigenvalue weighted by Gasteiger charge is -2.34. The molecule has 1 aliphatic carbocycles. The van der Waals surface area contributed by atoms with Gasteiger partial charge in [-0.1, -0.05) is 188 Å². The predicted octanol–water partition coefficient (Wildman–Crippen LogP) is 12.9. The molecule has 1 aliphatic rings. The third-order valence-corrected chi connectivity index (χ3v) is 10.2. The van der Waals surface area contributed by atoms with Gasteiger partial charge in [-0.2, -0.15) is 0 Å². The van der Waals surface area contributed by atoms with Crippen LogP contribution in [0.15, 0.2) is 212 Å². The number of anilines is 3. The number of rotatable bonds is 7. The summed E-state index contributed by atoms with van der Waals surface area (Å²) in [4.78, 5) is 2.47. The van der Waals surface area contributed by atoms with Crippen LogP contribution in [0.25, 0.3) is 33.4 Å². The molecule has 0 spiro atoms. The number of nitrogens with zero attached hydrogens (tertiary/aromatic N) is 1. The molecule has 0 aromatic heterocycles. The number of hydrogen-bond acceptors (Lipinski definition) is 1. The minimum atomic E-state index is -0.480. The van der Waals surface area contributed by atoms with E-state index in [1.165, 1.54) is 55.6 Å². The molecule has 50 heavy (non-hydrogen) atoms. The molecule has 0 amide bonds. The summed E-state index contributed by atoms with van der Waals surface area (Å²) in [6.45, 7) is 0. The number of hydrogen-bond donors (Lipinski definition) is 0. The molecule has 0 N–H and O–H groups in total. The summed E-state index contributed by atoms with van der Waals surface area (Å²) in [5.74, 6) is 0. The highest BCUT2D eigenvalue weighted by Gasteiger charge is 2.47. The van der Waals surface area contributed by atoms with E-state index < -0.39 is 5.41 Å². The van der Waals surface area contributed by atoms with Crippen LogP contribution in [0, 0.1) is 0 Å². The maximum atomic E-state index is 2.47. The summed E-state index contributed by atoms with van der Waals surface area (Å²) in [6, 6.07) is 77.1. The van der Waals surface area contributed by atoms with Gasteiger partial charge in [0.1, 0.15) is 0 Å². The highest BCUT2D eigenvalue weighted by molar-refractivity contribution is 5.99. The van der Waals surface area contributed by atoms with Crippen molar-refractivity contribution in [2.45, 2.75) is 5.41 Å². The molecule has 8 aromatic carbocycles. The van der Waals surface area contributed by atoms with Gasteiger partial charge >= 0.3 is 0 Å². The fourth-order valence-corrected chi connectivity index (χ4v) is 8.03. The molecule has 0 unspecified atom stereocenters. The van der Waals surface area contributed by atoms with Gasteiger partial charge in [-0.25, -0.2) is 0 Å². The smallest absolute Gasteiger partial charge is 0.0714 e. The van der Waals surface area contributed by atoms with E-state index >= 15 is 0 Å². The van der Waals surface area contributed by atoms with Crippen molar-refractivity contribution in [3.05, 3.63) is 235 Å². The van der Waals surface area contributed by atoms with E-state index in [1.807, 2.05) is 0 Å². The third kappa shape index (κ3) is 4.78. The molecule has 9 rings (SSSR count). The Morgan fingerprint density at radius 1 is 0.300 bits per heavy atom. The van der Waals surface area contributed by atoms with Crippen LogP contribution in [0.4, 0.5) is 17.1 Å². The molecule has 1 heteroatoms. The third-order valence-electron chi connectivity index (χ3n) is 10.2. The van der Waals surface area contributed by atoms with E-state index in [4.69, 9.17) is 0 Å². The van der Waals surface area contributed by atoms with Crippen LogP contribution >= 0.6 is 0 Å². The number of benzene rings is 8. The fraction of sp³-hybridized carbons (Fsp3) is 0.0204. The molecule has 0 bridgehead atoms. The Kier molecular flexibility index (Phi) is 7.44. The summed E-state index contributed by atoms with van der Waals surface area (Å²) in [5, 5.41) is 0. The first-order valence-electron chi connectivity index (χ1n) is 17.3. The topological polar surface area (TPSA) is 3.24 Å². The van der Waals surface area contributed by atoms with E-state index in [9.17, 15) is 0 Å². The zero-order chi connectivity index (χ0) is 33.3. The summed E-state index contributed by atoms with van der Waals surface area (Å²) in [6.07, 6.45) is 0.